The molecule has 1 aromatic rings. The van der Waals surface area contributed by atoms with Crippen molar-refractivity contribution in [2.75, 3.05) is 39.8 Å². The number of rotatable bonds is 5. The Kier molecular flexibility index (Phi) is 5.13. The maximum absolute atomic E-state index is 12.1. The van der Waals surface area contributed by atoms with E-state index in [1.54, 1.807) is 11.3 Å². The first-order chi connectivity index (χ1) is 10.6. The molecular weight excluding hydrogens is 298 g/mol. The monoisotopic (exact) mass is 323 g/mol. The van der Waals surface area contributed by atoms with Gasteiger partial charge in [0.2, 0.25) is 5.91 Å². The number of nitrogens with zero attached hydrogens (tertiary/aromatic N) is 2. The van der Waals surface area contributed by atoms with Gasteiger partial charge in [0.25, 0.3) is 0 Å². The number of likely N-dealkylation sites (N-methyl/N-ethyl adjacent to an activating group) is 1. The predicted molar refractivity (Wildman–Crippen MR) is 88.1 cm³/mol. The van der Waals surface area contributed by atoms with E-state index >= 15 is 0 Å². The van der Waals surface area contributed by atoms with Crippen LogP contribution in [0.1, 0.15) is 24.3 Å². The number of hydrogen-bond acceptors (Lipinski definition) is 5. The number of morpholine rings is 1. The molecule has 3 heterocycles. The molecule has 6 heteroatoms. The fraction of sp³-hybridized carbons (Fsp3) is 0.688. The molecule has 122 valence electrons. The molecule has 0 unspecified atom stereocenters. The molecule has 3 atom stereocenters. The molecule has 5 nitrogen and oxygen atoms in total. The highest BCUT2D eigenvalue weighted by Crippen LogP contribution is 2.27. The molecule has 0 aromatic carbocycles. The first-order valence-corrected chi connectivity index (χ1v) is 8.90. The Morgan fingerprint density at radius 3 is 3.00 bits per heavy atom. The van der Waals surface area contributed by atoms with Gasteiger partial charge in [-0.15, -0.1) is 11.3 Å². The first kappa shape index (κ1) is 15.9. The van der Waals surface area contributed by atoms with E-state index < -0.39 is 0 Å². The second-order valence-electron chi connectivity index (χ2n) is 6.22. The van der Waals surface area contributed by atoms with E-state index in [1.165, 1.54) is 4.88 Å². The van der Waals surface area contributed by atoms with Gasteiger partial charge in [-0.1, -0.05) is 6.07 Å². The summed E-state index contributed by atoms with van der Waals surface area (Å²) in [6, 6.07) is 4.60. The standard InChI is InChI=1S/C16H25N3O2S/c1-12-11-19(7-8-21-12)14(15-4-3-9-22-15)10-17-13-5-6-18(2)16(13)20/h3-4,9,12-14,17H,5-8,10-11H2,1-2H3/t12-,13-,14-/m1/s1. The SMILES string of the molecule is C[C@@H]1CN([C@H](CN[C@@H]2CCN(C)C2=O)c2cccs2)CCO1. The number of nitrogens with one attached hydrogen (secondary N) is 1. The molecule has 0 bridgehead atoms. The van der Waals surface area contributed by atoms with Gasteiger partial charge in [-0.25, -0.2) is 0 Å². The fourth-order valence-electron chi connectivity index (χ4n) is 3.28. The van der Waals surface area contributed by atoms with E-state index in [9.17, 15) is 4.79 Å². The van der Waals surface area contributed by atoms with Crippen LogP contribution in [0.15, 0.2) is 17.5 Å². The van der Waals surface area contributed by atoms with E-state index in [4.69, 9.17) is 4.74 Å². The summed E-state index contributed by atoms with van der Waals surface area (Å²) in [5.41, 5.74) is 0. The highest BCUT2D eigenvalue weighted by molar-refractivity contribution is 7.10. The van der Waals surface area contributed by atoms with E-state index in [1.807, 2.05) is 11.9 Å². The lowest BCUT2D eigenvalue weighted by Gasteiger charge is -2.37. The molecule has 0 spiro atoms. The van der Waals surface area contributed by atoms with Crippen molar-refractivity contribution in [2.24, 2.45) is 0 Å². The Morgan fingerprint density at radius 2 is 2.36 bits per heavy atom. The highest BCUT2D eigenvalue weighted by Gasteiger charge is 2.31. The van der Waals surface area contributed by atoms with Gasteiger partial charge in [0.1, 0.15) is 0 Å². The van der Waals surface area contributed by atoms with Crippen LogP contribution in [0.25, 0.3) is 0 Å². The summed E-state index contributed by atoms with van der Waals surface area (Å²) >= 11 is 1.79. The summed E-state index contributed by atoms with van der Waals surface area (Å²) in [6.45, 7) is 6.48. The Labute approximate surface area is 136 Å². The molecule has 0 aliphatic carbocycles. The zero-order valence-electron chi connectivity index (χ0n) is 13.3. The molecule has 0 saturated carbocycles. The zero-order chi connectivity index (χ0) is 15.5. The van der Waals surface area contributed by atoms with Crippen LogP contribution in [0.5, 0.6) is 0 Å². The van der Waals surface area contributed by atoms with E-state index in [0.717, 1.165) is 39.2 Å². The zero-order valence-corrected chi connectivity index (χ0v) is 14.1. The molecule has 2 fully saturated rings. The van der Waals surface area contributed by atoms with Crippen molar-refractivity contribution >= 4 is 17.2 Å². The summed E-state index contributed by atoms with van der Waals surface area (Å²) in [7, 11) is 1.88. The van der Waals surface area contributed by atoms with Crippen molar-refractivity contribution in [2.45, 2.75) is 31.5 Å². The first-order valence-electron chi connectivity index (χ1n) is 8.02. The Morgan fingerprint density at radius 1 is 1.50 bits per heavy atom. The van der Waals surface area contributed by atoms with Crippen LogP contribution < -0.4 is 5.32 Å². The molecule has 1 amide bonds. The second-order valence-corrected chi connectivity index (χ2v) is 7.20. The molecule has 2 aliphatic heterocycles. The van der Waals surface area contributed by atoms with Gasteiger partial charge < -0.3 is 15.0 Å². The molecule has 3 rings (SSSR count). The van der Waals surface area contributed by atoms with Crippen molar-refractivity contribution in [3.63, 3.8) is 0 Å². The van der Waals surface area contributed by atoms with Crippen LogP contribution in [-0.2, 0) is 9.53 Å². The Hall–Kier alpha value is -0.950. The van der Waals surface area contributed by atoms with Crippen LogP contribution in [0.4, 0.5) is 0 Å². The average Bonchev–Trinajstić information content (AvgIpc) is 3.13. The number of hydrogen-bond donors (Lipinski definition) is 1. The topological polar surface area (TPSA) is 44.8 Å². The largest absolute Gasteiger partial charge is 0.376 e. The minimum absolute atomic E-state index is 0.0223. The number of carbonyl (C=O) groups excluding carboxylic acids is 1. The number of amides is 1. The van der Waals surface area contributed by atoms with E-state index in [0.29, 0.717) is 6.04 Å². The van der Waals surface area contributed by atoms with Crippen LogP contribution in [0.2, 0.25) is 0 Å². The maximum Gasteiger partial charge on any atom is 0.239 e. The van der Waals surface area contributed by atoms with Gasteiger partial charge in [-0.2, -0.15) is 0 Å². The van der Waals surface area contributed by atoms with Gasteiger partial charge >= 0.3 is 0 Å². The fourth-order valence-corrected chi connectivity index (χ4v) is 4.15. The number of carbonyl (C=O) groups is 1. The van der Waals surface area contributed by atoms with Crippen LogP contribution >= 0.6 is 11.3 Å². The van der Waals surface area contributed by atoms with Gasteiger partial charge in [-0.05, 0) is 24.8 Å². The Balaban J connectivity index is 1.65. The third-order valence-electron chi connectivity index (χ3n) is 4.57. The molecular formula is C16H25N3O2S. The molecule has 1 N–H and O–H groups in total. The van der Waals surface area contributed by atoms with E-state index in [-0.39, 0.29) is 18.1 Å². The van der Waals surface area contributed by atoms with Gasteiger partial charge in [0.15, 0.2) is 0 Å². The van der Waals surface area contributed by atoms with Gasteiger partial charge in [-0.3, -0.25) is 9.69 Å². The summed E-state index contributed by atoms with van der Waals surface area (Å²) in [5, 5.41) is 5.62. The number of ether oxygens (including phenoxy) is 1. The quantitative estimate of drug-likeness (QED) is 0.888. The lowest BCUT2D eigenvalue weighted by Crippen LogP contribution is -2.47. The van der Waals surface area contributed by atoms with Crippen molar-refractivity contribution in [1.29, 1.82) is 0 Å². The summed E-state index contributed by atoms with van der Waals surface area (Å²) < 4.78 is 5.67. The Bertz CT molecular complexity index is 494. The summed E-state index contributed by atoms with van der Waals surface area (Å²) in [5.74, 6) is 0.222. The summed E-state index contributed by atoms with van der Waals surface area (Å²) in [4.78, 5) is 17.7. The molecule has 2 aliphatic rings. The highest BCUT2D eigenvalue weighted by atomic mass is 32.1. The van der Waals surface area contributed by atoms with Gasteiger partial charge in [0.05, 0.1) is 24.8 Å². The van der Waals surface area contributed by atoms with Crippen molar-refractivity contribution in [3.8, 4) is 0 Å². The normalized spacial score (nSPS) is 28.3. The molecule has 1 aromatic heterocycles. The maximum atomic E-state index is 12.1. The van der Waals surface area contributed by atoms with Crippen molar-refractivity contribution < 1.29 is 9.53 Å². The third kappa shape index (κ3) is 3.51. The average molecular weight is 323 g/mol. The number of likely N-dealkylation sites (tertiary alicyclic amines) is 1. The summed E-state index contributed by atoms with van der Waals surface area (Å²) in [6.07, 6.45) is 1.18. The van der Waals surface area contributed by atoms with E-state index in [2.05, 4.69) is 34.7 Å². The van der Waals surface area contributed by atoms with Crippen LogP contribution in [-0.4, -0.2) is 67.7 Å². The van der Waals surface area contributed by atoms with Crippen molar-refractivity contribution in [1.82, 2.24) is 15.1 Å². The molecule has 2 saturated heterocycles. The van der Waals surface area contributed by atoms with Crippen LogP contribution in [0, 0.1) is 0 Å². The van der Waals surface area contributed by atoms with Gasteiger partial charge in [0, 0.05) is 38.1 Å². The van der Waals surface area contributed by atoms with Crippen LogP contribution in [0.3, 0.4) is 0 Å². The molecule has 0 radical (unpaired) electrons. The second kappa shape index (κ2) is 7.08. The lowest BCUT2D eigenvalue weighted by molar-refractivity contribution is -0.128. The predicted octanol–water partition coefficient (Wildman–Crippen LogP) is 1.33. The lowest BCUT2D eigenvalue weighted by atomic mass is 10.1. The number of thiophene rings is 1. The minimum atomic E-state index is -0.0223. The minimum Gasteiger partial charge on any atom is -0.376 e. The molecule has 22 heavy (non-hydrogen) atoms. The smallest absolute Gasteiger partial charge is 0.239 e. The third-order valence-corrected chi connectivity index (χ3v) is 5.54. The van der Waals surface area contributed by atoms with Crippen molar-refractivity contribution in [3.05, 3.63) is 22.4 Å².